The maximum Gasteiger partial charge on any atom is 0.416 e. The number of nitrogens with zero attached hydrogens (tertiary/aromatic N) is 7. The highest BCUT2D eigenvalue weighted by Crippen LogP contribution is 2.34. The number of anilines is 2. The van der Waals surface area contributed by atoms with Gasteiger partial charge < -0.3 is 24.4 Å². The molecule has 0 saturated carbocycles. The lowest BCUT2D eigenvalue weighted by atomic mass is 10.2. The first-order valence-electron chi connectivity index (χ1n) is 15.9. The fourth-order valence-corrected chi connectivity index (χ4v) is 6.54. The van der Waals surface area contributed by atoms with Crippen LogP contribution in [0.25, 0.3) is 5.65 Å². The van der Waals surface area contributed by atoms with Crippen molar-refractivity contribution in [1.82, 2.24) is 29.0 Å². The summed E-state index contributed by atoms with van der Waals surface area (Å²) in [5.74, 6) is -0.613. The summed E-state index contributed by atoms with van der Waals surface area (Å²) in [4.78, 5) is 53.0. The summed E-state index contributed by atoms with van der Waals surface area (Å²) in [6, 6.07) is 13.8. The second-order valence-corrected chi connectivity index (χ2v) is 12.9. The number of carbonyl (C=O) groups is 2. The molecule has 0 radical (unpaired) electrons. The highest BCUT2D eigenvalue weighted by atomic mass is 79.9. The van der Waals surface area contributed by atoms with Crippen molar-refractivity contribution in [3.63, 3.8) is 0 Å². The summed E-state index contributed by atoms with van der Waals surface area (Å²) in [7, 11) is 0. The summed E-state index contributed by atoms with van der Waals surface area (Å²) in [5, 5.41) is 6.61. The van der Waals surface area contributed by atoms with Crippen molar-refractivity contribution >= 4 is 56.4 Å². The second kappa shape index (κ2) is 14.7. The van der Waals surface area contributed by atoms with Gasteiger partial charge in [-0.2, -0.15) is 22.8 Å². The van der Waals surface area contributed by atoms with Gasteiger partial charge >= 0.3 is 6.18 Å². The molecule has 0 bridgehead atoms. The van der Waals surface area contributed by atoms with Crippen molar-refractivity contribution < 1.29 is 27.5 Å². The number of ether oxygens (including phenoxy) is 1. The number of hydrogen-bond acceptors (Lipinski definition) is 8. The fourth-order valence-electron chi connectivity index (χ4n) is 5.95. The number of hydrogen-bond donors (Lipinski definition) is 1. The van der Waals surface area contributed by atoms with Crippen molar-refractivity contribution in [2.45, 2.75) is 39.6 Å². The van der Waals surface area contributed by atoms with Gasteiger partial charge in [-0.1, -0.05) is 48.9 Å². The number of carbonyl (C=O) groups excluding carboxylic acids is 2. The molecule has 1 aliphatic rings. The van der Waals surface area contributed by atoms with Crippen molar-refractivity contribution in [3.8, 4) is 5.75 Å². The minimum atomic E-state index is -4.59. The van der Waals surface area contributed by atoms with E-state index in [1.54, 1.807) is 22.5 Å². The van der Waals surface area contributed by atoms with Crippen LogP contribution in [0.2, 0.25) is 5.02 Å². The van der Waals surface area contributed by atoms with E-state index in [-0.39, 0.29) is 48.6 Å². The SMILES string of the molecule is CCc1c(N2CCN(C(=O)c3ncnc(C)c3OCc3ccccc3)CC2)c(=O)n2nc(Br)cc2n1CC(=O)Nc1ccc(C(F)(F)F)cc1Cl. The Hall–Kier alpha value is -4.96. The molecule has 51 heavy (non-hydrogen) atoms. The van der Waals surface area contributed by atoms with Gasteiger partial charge in [-0.3, -0.25) is 14.4 Å². The van der Waals surface area contributed by atoms with E-state index in [4.69, 9.17) is 16.3 Å². The van der Waals surface area contributed by atoms with Crippen molar-refractivity contribution in [2.24, 2.45) is 0 Å². The van der Waals surface area contributed by atoms with Gasteiger partial charge in [0.25, 0.3) is 11.5 Å². The first-order valence-corrected chi connectivity index (χ1v) is 17.0. The third kappa shape index (κ3) is 7.56. The molecule has 1 saturated heterocycles. The van der Waals surface area contributed by atoms with E-state index in [1.807, 2.05) is 42.2 Å². The zero-order chi connectivity index (χ0) is 36.4. The Morgan fingerprint density at radius 1 is 1.04 bits per heavy atom. The van der Waals surface area contributed by atoms with Crippen molar-refractivity contribution in [3.05, 3.63) is 109 Å². The standard InChI is InChI=1S/C34H31BrClF3N8O4/c1-3-25-30(44-11-13-45(14-12-44)32(49)29-31(20(2)40-19-41-29)51-18-21-7-5-4-6-8-21)33(50)47-28(16-26(35)43-47)46(25)17-27(48)42-24-10-9-22(15-23(24)36)34(37,38)39/h4-10,15-16,19H,3,11-14,17-18H2,1-2H3,(H,42,48). The Labute approximate surface area is 302 Å². The van der Waals surface area contributed by atoms with Crippen molar-refractivity contribution in [1.29, 1.82) is 0 Å². The number of amides is 2. The Bertz CT molecular complexity index is 2170. The normalized spacial score (nSPS) is 13.5. The maximum absolute atomic E-state index is 13.9. The van der Waals surface area contributed by atoms with Crippen LogP contribution >= 0.6 is 27.5 Å². The number of aryl methyl sites for hydroxylation is 1. The van der Waals surface area contributed by atoms with Crippen LogP contribution in [0.4, 0.5) is 24.5 Å². The molecule has 5 aromatic rings. The molecule has 1 N–H and O–H groups in total. The molecule has 266 valence electrons. The zero-order valence-corrected chi connectivity index (χ0v) is 29.7. The van der Waals surface area contributed by atoms with E-state index in [0.717, 1.165) is 23.8 Å². The summed E-state index contributed by atoms with van der Waals surface area (Å²) in [6.45, 7) is 4.63. The van der Waals surface area contributed by atoms with Crippen LogP contribution in [0.15, 0.2) is 70.3 Å². The van der Waals surface area contributed by atoms with E-state index in [1.165, 1.54) is 10.8 Å². The minimum Gasteiger partial charge on any atom is -0.485 e. The molecule has 0 atom stereocenters. The summed E-state index contributed by atoms with van der Waals surface area (Å²) in [6.07, 6.45) is -2.92. The number of alkyl halides is 3. The maximum atomic E-state index is 13.9. The van der Waals surface area contributed by atoms with Crippen LogP contribution in [0.5, 0.6) is 5.75 Å². The second-order valence-electron chi connectivity index (χ2n) is 11.7. The predicted molar refractivity (Wildman–Crippen MR) is 187 cm³/mol. The molecule has 17 heteroatoms. The van der Waals surface area contributed by atoms with Crippen LogP contribution in [0, 0.1) is 6.92 Å². The van der Waals surface area contributed by atoms with Gasteiger partial charge in [0.15, 0.2) is 11.4 Å². The van der Waals surface area contributed by atoms with Gasteiger partial charge in [0.1, 0.15) is 35.4 Å². The topological polar surface area (TPSA) is 127 Å². The smallest absolute Gasteiger partial charge is 0.416 e. The largest absolute Gasteiger partial charge is 0.485 e. The van der Waals surface area contributed by atoms with Gasteiger partial charge in [-0.05, 0) is 53.0 Å². The third-order valence-electron chi connectivity index (χ3n) is 8.43. The molecule has 2 amide bonds. The van der Waals surface area contributed by atoms with Gasteiger partial charge in [0, 0.05) is 37.9 Å². The number of piperazine rings is 1. The lowest BCUT2D eigenvalue weighted by molar-refractivity contribution is -0.137. The average molecular weight is 788 g/mol. The van der Waals surface area contributed by atoms with Gasteiger partial charge in [-0.25, -0.2) is 9.97 Å². The van der Waals surface area contributed by atoms with Crippen LogP contribution in [0.1, 0.15) is 39.9 Å². The third-order valence-corrected chi connectivity index (χ3v) is 9.13. The van der Waals surface area contributed by atoms with E-state index in [9.17, 15) is 27.6 Å². The Morgan fingerprint density at radius 2 is 1.76 bits per heavy atom. The van der Waals surface area contributed by atoms with Crippen LogP contribution in [-0.4, -0.2) is 67.0 Å². The molecule has 1 fully saturated rings. The molecule has 3 aromatic heterocycles. The summed E-state index contributed by atoms with van der Waals surface area (Å²) >= 11 is 9.41. The Balaban J connectivity index is 1.23. The quantitative estimate of drug-likeness (QED) is 0.200. The van der Waals surface area contributed by atoms with Gasteiger partial charge in [-0.15, -0.1) is 0 Å². The zero-order valence-electron chi connectivity index (χ0n) is 27.4. The molecule has 0 spiro atoms. The highest BCUT2D eigenvalue weighted by molar-refractivity contribution is 9.10. The molecule has 2 aromatic carbocycles. The first kappa shape index (κ1) is 35.9. The first-order chi connectivity index (χ1) is 24.3. The molecule has 0 unspecified atom stereocenters. The van der Waals surface area contributed by atoms with E-state index >= 15 is 0 Å². The minimum absolute atomic E-state index is 0.00739. The lowest BCUT2D eigenvalue weighted by Crippen LogP contribution is -2.51. The highest BCUT2D eigenvalue weighted by Gasteiger charge is 2.32. The van der Waals surface area contributed by atoms with Crippen LogP contribution in [-0.2, 0) is 30.5 Å². The number of aromatic nitrogens is 5. The Kier molecular flexibility index (Phi) is 10.3. The number of nitrogens with one attached hydrogen (secondary N) is 1. The predicted octanol–water partition coefficient (Wildman–Crippen LogP) is 5.77. The molecule has 12 nitrogen and oxygen atoms in total. The average Bonchev–Trinajstić information content (AvgIpc) is 3.51. The summed E-state index contributed by atoms with van der Waals surface area (Å²) < 4.78 is 48.6. The van der Waals surface area contributed by atoms with E-state index in [2.05, 4.69) is 36.3 Å². The van der Waals surface area contributed by atoms with E-state index < -0.39 is 23.2 Å². The van der Waals surface area contributed by atoms with Crippen molar-refractivity contribution in [2.75, 3.05) is 36.4 Å². The van der Waals surface area contributed by atoms with E-state index in [0.29, 0.717) is 52.6 Å². The van der Waals surface area contributed by atoms with Crippen LogP contribution < -0.4 is 20.5 Å². The lowest BCUT2D eigenvalue weighted by Gasteiger charge is -2.37. The Morgan fingerprint density at radius 3 is 2.43 bits per heavy atom. The molecular formula is C34H31BrClF3N8O4. The molecular weight excluding hydrogens is 757 g/mol. The number of fused-ring (bicyclic) bond motifs is 1. The fraction of sp³-hybridized carbons (Fsp3) is 0.294. The number of rotatable bonds is 9. The van der Waals surface area contributed by atoms with Gasteiger partial charge in [0.2, 0.25) is 5.91 Å². The molecule has 1 aliphatic heterocycles. The molecule has 6 rings (SSSR count). The molecule has 4 heterocycles. The van der Waals surface area contributed by atoms with Gasteiger partial charge in [0.05, 0.1) is 22.0 Å². The number of halogens is 5. The van der Waals surface area contributed by atoms with Crippen LogP contribution in [0.3, 0.4) is 0 Å². The number of benzene rings is 2. The monoisotopic (exact) mass is 786 g/mol. The summed E-state index contributed by atoms with van der Waals surface area (Å²) in [5.41, 5.74) is 1.44. The molecule has 0 aliphatic carbocycles.